The second-order valence-corrected chi connectivity index (χ2v) is 7.86. The zero-order chi connectivity index (χ0) is 21.3. The molecule has 3 aromatic carbocycles. The molecule has 1 heterocycles. The van der Waals surface area contributed by atoms with E-state index in [1.807, 2.05) is 18.2 Å². The Hall–Kier alpha value is -2.80. The summed E-state index contributed by atoms with van der Waals surface area (Å²) in [5.74, 6) is -1.85. The zero-order valence-electron chi connectivity index (χ0n) is 15.7. The van der Waals surface area contributed by atoms with E-state index in [9.17, 15) is 18.0 Å². The number of rotatable bonds is 3. The number of carbonyl (C=O) groups is 1. The molecule has 4 rings (SSSR count). The number of hydrogen-bond donors (Lipinski definition) is 0. The largest absolute Gasteiger partial charge is 0.444 e. The molecule has 0 spiro atoms. The van der Waals surface area contributed by atoms with Crippen LogP contribution in [-0.4, -0.2) is 6.09 Å². The van der Waals surface area contributed by atoms with Gasteiger partial charge in [0.1, 0.15) is 24.1 Å². The highest BCUT2D eigenvalue weighted by molar-refractivity contribution is 9.10. The van der Waals surface area contributed by atoms with E-state index in [1.54, 1.807) is 18.2 Å². The quantitative estimate of drug-likeness (QED) is 0.394. The minimum Gasteiger partial charge on any atom is -0.444 e. The molecule has 0 aromatic heterocycles. The predicted octanol–water partition coefficient (Wildman–Crippen LogP) is 6.70. The number of halogens is 4. The summed E-state index contributed by atoms with van der Waals surface area (Å²) in [6.07, 6.45) is -0.333. The fraction of sp³-hybridized carbons (Fsp3) is 0.174. The number of ether oxygens (including phenoxy) is 1. The summed E-state index contributed by atoms with van der Waals surface area (Å²) < 4.78 is 48.9. The Morgan fingerprint density at radius 2 is 1.83 bits per heavy atom. The summed E-state index contributed by atoms with van der Waals surface area (Å²) in [5, 5.41) is 0. The van der Waals surface area contributed by atoms with Crippen LogP contribution in [0.5, 0.6) is 0 Å². The van der Waals surface area contributed by atoms with E-state index < -0.39 is 29.6 Å². The Bertz CT molecular complexity index is 1090. The van der Waals surface area contributed by atoms with E-state index in [2.05, 4.69) is 15.9 Å². The first-order valence-electron chi connectivity index (χ1n) is 9.37. The lowest BCUT2D eigenvalue weighted by atomic mass is 9.91. The maximum Gasteiger partial charge on any atom is 0.415 e. The third kappa shape index (κ3) is 3.94. The van der Waals surface area contributed by atoms with Gasteiger partial charge in [-0.25, -0.2) is 18.0 Å². The summed E-state index contributed by atoms with van der Waals surface area (Å²) in [6, 6.07) is 15.1. The maximum absolute atomic E-state index is 14.9. The molecule has 3 aromatic rings. The molecule has 7 heteroatoms. The Kier molecular flexibility index (Phi) is 5.81. The van der Waals surface area contributed by atoms with Crippen molar-refractivity contribution < 1.29 is 22.7 Å². The van der Waals surface area contributed by atoms with Crippen LogP contribution in [0, 0.1) is 17.5 Å². The summed E-state index contributed by atoms with van der Waals surface area (Å²) in [7, 11) is 0. The number of anilines is 1. The predicted molar refractivity (Wildman–Crippen MR) is 111 cm³/mol. The van der Waals surface area contributed by atoms with Crippen LogP contribution in [0.3, 0.4) is 0 Å². The van der Waals surface area contributed by atoms with Gasteiger partial charge < -0.3 is 4.74 Å². The number of carbonyl (C=O) groups excluding carboxylic acids is 1. The van der Waals surface area contributed by atoms with Gasteiger partial charge in [-0.1, -0.05) is 42.5 Å². The van der Waals surface area contributed by atoms with Gasteiger partial charge >= 0.3 is 6.09 Å². The SMILES string of the molecule is O=C(OCc1ccccc1)N1c2c(F)cc(Br)c(F)c2CCC1c1cccc(F)c1. The van der Waals surface area contributed by atoms with Crippen molar-refractivity contribution in [2.45, 2.75) is 25.5 Å². The van der Waals surface area contributed by atoms with Crippen molar-refractivity contribution in [3.05, 3.63) is 99.3 Å². The van der Waals surface area contributed by atoms with Gasteiger partial charge in [-0.05, 0) is 58.1 Å². The smallest absolute Gasteiger partial charge is 0.415 e. The molecule has 1 aliphatic rings. The average Bonchev–Trinajstić information content (AvgIpc) is 2.75. The first-order valence-corrected chi connectivity index (χ1v) is 10.2. The van der Waals surface area contributed by atoms with Crippen molar-refractivity contribution in [2.75, 3.05) is 4.90 Å². The van der Waals surface area contributed by atoms with Gasteiger partial charge in [-0.3, -0.25) is 4.90 Å². The molecule has 0 saturated heterocycles. The highest BCUT2D eigenvalue weighted by atomic mass is 79.9. The third-order valence-corrected chi connectivity index (χ3v) is 5.67. The molecule has 1 unspecified atom stereocenters. The number of fused-ring (bicyclic) bond motifs is 1. The van der Waals surface area contributed by atoms with Crippen molar-refractivity contribution in [1.29, 1.82) is 0 Å². The Morgan fingerprint density at radius 3 is 2.57 bits per heavy atom. The number of amides is 1. The first kappa shape index (κ1) is 20.5. The second-order valence-electron chi connectivity index (χ2n) is 7.00. The van der Waals surface area contributed by atoms with E-state index in [0.29, 0.717) is 12.0 Å². The fourth-order valence-corrected chi connectivity index (χ4v) is 4.17. The van der Waals surface area contributed by atoms with Crippen LogP contribution in [0.4, 0.5) is 23.7 Å². The maximum atomic E-state index is 14.9. The molecule has 1 atom stereocenters. The first-order chi connectivity index (χ1) is 14.5. The van der Waals surface area contributed by atoms with Crippen molar-refractivity contribution >= 4 is 27.7 Å². The van der Waals surface area contributed by atoms with Gasteiger partial charge in [-0.2, -0.15) is 0 Å². The van der Waals surface area contributed by atoms with Crippen molar-refractivity contribution in [3.63, 3.8) is 0 Å². The van der Waals surface area contributed by atoms with Gasteiger partial charge in [0.25, 0.3) is 0 Å². The molecule has 1 aliphatic heterocycles. The molecule has 0 fully saturated rings. The summed E-state index contributed by atoms with van der Waals surface area (Å²) in [4.78, 5) is 14.2. The lowest BCUT2D eigenvalue weighted by Crippen LogP contribution is -2.40. The lowest BCUT2D eigenvalue weighted by molar-refractivity contribution is 0.143. The van der Waals surface area contributed by atoms with E-state index in [0.717, 1.165) is 16.5 Å². The number of hydrogen-bond acceptors (Lipinski definition) is 2. The Morgan fingerprint density at radius 1 is 1.07 bits per heavy atom. The monoisotopic (exact) mass is 475 g/mol. The van der Waals surface area contributed by atoms with Gasteiger partial charge in [0.05, 0.1) is 16.2 Å². The molecule has 30 heavy (non-hydrogen) atoms. The number of nitrogens with zero attached hydrogens (tertiary/aromatic N) is 1. The van der Waals surface area contributed by atoms with Crippen LogP contribution < -0.4 is 4.90 Å². The van der Waals surface area contributed by atoms with Gasteiger partial charge in [0, 0.05) is 5.56 Å². The minimum atomic E-state index is -0.824. The van der Waals surface area contributed by atoms with Gasteiger partial charge in [-0.15, -0.1) is 0 Å². The molecular weight excluding hydrogens is 459 g/mol. The van der Waals surface area contributed by atoms with Crippen LogP contribution >= 0.6 is 15.9 Å². The molecule has 0 bridgehead atoms. The molecule has 154 valence electrons. The Balaban J connectivity index is 1.75. The van der Waals surface area contributed by atoms with Crippen LogP contribution in [-0.2, 0) is 17.8 Å². The van der Waals surface area contributed by atoms with Crippen molar-refractivity contribution in [1.82, 2.24) is 0 Å². The molecule has 3 nitrogen and oxygen atoms in total. The molecular formula is C23H17BrF3NO2. The van der Waals surface area contributed by atoms with Crippen LogP contribution in [0.2, 0.25) is 0 Å². The van der Waals surface area contributed by atoms with Gasteiger partial charge in [0.2, 0.25) is 0 Å². The average molecular weight is 476 g/mol. The number of benzene rings is 3. The lowest BCUT2D eigenvalue weighted by Gasteiger charge is -2.37. The zero-order valence-corrected chi connectivity index (χ0v) is 17.3. The highest BCUT2D eigenvalue weighted by Gasteiger charge is 2.37. The third-order valence-electron chi connectivity index (χ3n) is 5.10. The second kappa shape index (κ2) is 8.52. The van der Waals surface area contributed by atoms with E-state index >= 15 is 0 Å². The van der Waals surface area contributed by atoms with Crippen molar-refractivity contribution in [2.24, 2.45) is 0 Å². The van der Waals surface area contributed by atoms with Crippen molar-refractivity contribution in [3.8, 4) is 0 Å². The summed E-state index contributed by atoms with van der Waals surface area (Å²) in [6.45, 7) is -0.0258. The van der Waals surface area contributed by atoms with E-state index in [1.165, 1.54) is 18.2 Å². The van der Waals surface area contributed by atoms with Crippen LogP contribution in [0.1, 0.15) is 29.2 Å². The molecule has 0 radical (unpaired) electrons. The molecule has 0 saturated carbocycles. The molecule has 0 aliphatic carbocycles. The van der Waals surface area contributed by atoms with Crippen LogP contribution in [0.15, 0.2) is 65.1 Å². The van der Waals surface area contributed by atoms with E-state index in [4.69, 9.17) is 4.74 Å². The topological polar surface area (TPSA) is 29.5 Å². The fourth-order valence-electron chi connectivity index (χ4n) is 3.73. The Labute approximate surface area is 180 Å². The highest BCUT2D eigenvalue weighted by Crippen LogP contribution is 2.43. The molecule has 1 amide bonds. The minimum absolute atomic E-state index is 0.0134. The normalized spacial score (nSPS) is 15.6. The van der Waals surface area contributed by atoms with Gasteiger partial charge in [0.15, 0.2) is 0 Å². The standard InChI is InChI=1S/C23H17BrF3NO2/c24-18-12-19(26)22-17(21(18)27)9-10-20(15-7-4-8-16(25)11-15)28(22)23(29)30-13-14-5-2-1-3-6-14/h1-8,11-12,20H,9-10,13H2. The summed E-state index contributed by atoms with van der Waals surface area (Å²) in [5.41, 5.74) is 1.16. The van der Waals surface area contributed by atoms with Crippen LogP contribution in [0.25, 0.3) is 0 Å². The summed E-state index contributed by atoms with van der Waals surface area (Å²) >= 11 is 3.01. The molecule has 0 N–H and O–H groups in total. The van der Waals surface area contributed by atoms with E-state index in [-0.39, 0.29) is 28.8 Å².